The molecule has 1 aliphatic heterocycles. The molecule has 5 nitrogen and oxygen atoms in total. The molecule has 0 saturated heterocycles. The molecule has 0 spiro atoms. The SMILES string of the molecule is CCOc1ccc2c(c1)O/C(=C\c1cccc(OC(=O)/C=C/c3ccccc3)c1)C2=O. The number of fused-ring (bicyclic) bond motifs is 1. The first-order valence-corrected chi connectivity index (χ1v) is 9.88. The molecule has 3 aromatic rings. The first-order valence-electron chi connectivity index (χ1n) is 9.88. The number of esters is 1. The number of hydrogen-bond donors (Lipinski definition) is 0. The van der Waals surface area contributed by atoms with Crippen molar-refractivity contribution in [3.63, 3.8) is 0 Å². The third kappa shape index (κ3) is 4.90. The van der Waals surface area contributed by atoms with E-state index in [-0.39, 0.29) is 11.5 Å². The highest BCUT2D eigenvalue weighted by Gasteiger charge is 2.27. The first kappa shape index (κ1) is 20.2. The van der Waals surface area contributed by atoms with Crippen molar-refractivity contribution in [2.45, 2.75) is 6.92 Å². The second-order valence-corrected chi connectivity index (χ2v) is 6.77. The van der Waals surface area contributed by atoms with Crippen molar-refractivity contribution < 1.29 is 23.8 Å². The summed E-state index contributed by atoms with van der Waals surface area (Å²) in [5.74, 6) is 1.00. The Balaban J connectivity index is 1.47. The molecule has 0 amide bonds. The van der Waals surface area contributed by atoms with Crippen molar-refractivity contribution in [1.82, 2.24) is 0 Å². The topological polar surface area (TPSA) is 61.8 Å². The smallest absolute Gasteiger partial charge is 0.336 e. The van der Waals surface area contributed by atoms with Crippen LogP contribution < -0.4 is 14.2 Å². The Morgan fingerprint density at radius 1 is 0.935 bits per heavy atom. The molecule has 0 radical (unpaired) electrons. The van der Waals surface area contributed by atoms with Crippen molar-refractivity contribution in [3.05, 3.63) is 101 Å². The molecule has 31 heavy (non-hydrogen) atoms. The molecule has 0 atom stereocenters. The number of carbonyl (C=O) groups excluding carboxylic acids is 2. The number of Topliss-reactive ketones (excluding diaryl/α,β-unsaturated/α-hetero) is 1. The zero-order valence-electron chi connectivity index (χ0n) is 16.9. The van der Waals surface area contributed by atoms with Gasteiger partial charge in [0, 0.05) is 12.1 Å². The predicted octanol–water partition coefficient (Wildman–Crippen LogP) is 5.32. The highest BCUT2D eigenvalue weighted by molar-refractivity contribution is 6.14. The second kappa shape index (κ2) is 9.13. The lowest BCUT2D eigenvalue weighted by atomic mass is 10.1. The third-order valence-corrected chi connectivity index (χ3v) is 4.54. The maximum Gasteiger partial charge on any atom is 0.336 e. The first-order chi connectivity index (χ1) is 15.1. The molecule has 1 aliphatic rings. The fourth-order valence-corrected chi connectivity index (χ4v) is 3.12. The minimum atomic E-state index is -0.488. The van der Waals surface area contributed by atoms with Crippen LogP contribution in [0.1, 0.15) is 28.4 Å². The number of hydrogen-bond acceptors (Lipinski definition) is 5. The van der Waals surface area contributed by atoms with Gasteiger partial charge in [0.15, 0.2) is 5.76 Å². The van der Waals surface area contributed by atoms with Crippen LogP contribution in [-0.2, 0) is 4.79 Å². The van der Waals surface area contributed by atoms with Crippen molar-refractivity contribution in [1.29, 1.82) is 0 Å². The molecule has 0 fully saturated rings. The van der Waals surface area contributed by atoms with Crippen LogP contribution in [0.25, 0.3) is 12.2 Å². The van der Waals surface area contributed by atoms with E-state index >= 15 is 0 Å². The molecule has 0 unspecified atom stereocenters. The van der Waals surface area contributed by atoms with Crippen LogP contribution >= 0.6 is 0 Å². The number of carbonyl (C=O) groups is 2. The van der Waals surface area contributed by atoms with E-state index in [1.807, 2.05) is 37.3 Å². The highest BCUT2D eigenvalue weighted by atomic mass is 16.5. The van der Waals surface area contributed by atoms with E-state index in [2.05, 4.69) is 0 Å². The van der Waals surface area contributed by atoms with Crippen LogP contribution in [0.4, 0.5) is 0 Å². The Bertz CT molecular complexity index is 1180. The van der Waals surface area contributed by atoms with Gasteiger partial charge in [0.1, 0.15) is 17.2 Å². The maximum atomic E-state index is 12.6. The number of allylic oxidation sites excluding steroid dienone is 1. The Labute approximate surface area is 180 Å². The van der Waals surface area contributed by atoms with Crippen molar-refractivity contribution in [2.24, 2.45) is 0 Å². The van der Waals surface area contributed by atoms with E-state index in [4.69, 9.17) is 14.2 Å². The number of benzene rings is 3. The second-order valence-electron chi connectivity index (χ2n) is 6.77. The summed E-state index contributed by atoms with van der Waals surface area (Å²) in [7, 11) is 0. The fourth-order valence-electron chi connectivity index (χ4n) is 3.12. The molecule has 5 heteroatoms. The molecule has 0 N–H and O–H groups in total. The van der Waals surface area contributed by atoms with Crippen molar-refractivity contribution in [2.75, 3.05) is 6.61 Å². The zero-order valence-corrected chi connectivity index (χ0v) is 16.9. The number of rotatable bonds is 6. The summed E-state index contributed by atoms with van der Waals surface area (Å²) in [6.07, 6.45) is 4.68. The molecule has 0 aliphatic carbocycles. The van der Waals surface area contributed by atoms with Crippen LogP contribution in [0.3, 0.4) is 0 Å². The van der Waals surface area contributed by atoms with E-state index in [1.165, 1.54) is 6.08 Å². The fraction of sp³-hybridized carbons (Fsp3) is 0.0769. The van der Waals surface area contributed by atoms with Gasteiger partial charge in [-0.1, -0.05) is 42.5 Å². The molecule has 154 valence electrons. The largest absolute Gasteiger partial charge is 0.494 e. The minimum Gasteiger partial charge on any atom is -0.494 e. The lowest BCUT2D eigenvalue weighted by Gasteiger charge is -2.04. The van der Waals surface area contributed by atoms with Crippen LogP contribution in [-0.4, -0.2) is 18.4 Å². The Kier molecular flexibility index (Phi) is 5.94. The summed E-state index contributed by atoms with van der Waals surface area (Å²) in [5, 5.41) is 0. The van der Waals surface area contributed by atoms with Gasteiger partial charge in [0.2, 0.25) is 5.78 Å². The van der Waals surface area contributed by atoms with E-state index in [1.54, 1.807) is 54.6 Å². The summed E-state index contributed by atoms with van der Waals surface area (Å²) in [6.45, 7) is 2.42. The average molecular weight is 412 g/mol. The molecule has 1 heterocycles. The summed E-state index contributed by atoms with van der Waals surface area (Å²) in [6, 6.07) is 21.5. The predicted molar refractivity (Wildman–Crippen MR) is 118 cm³/mol. The summed E-state index contributed by atoms with van der Waals surface area (Å²) in [4.78, 5) is 24.7. The molecule has 0 aromatic heterocycles. The van der Waals surface area contributed by atoms with E-state index in [0.717, 1.165) is 5.56 Å². The summed E-state index contributed by atoms with van der Waals surface area (Å²) in [5.41, 5.74) is 2.07. The van der Waals surface area contributed by atoms with Gasteiger partial charge in [-0.25, -0.2) is 4.79 Å². The molecule has 0 saturated carbocycles. The van der Waals surface area contributed by atoms with Gasteiger partial charge in [-0.3, -0.25) is 4.79 Å². The third-order valence-electron chi connectivity index (χ3n) is 4.54. The van der Waals surface area contributed by atoms with Gasteiger partial charge >= 0.3 is 5.97 Å². The Hall–Kier alpha value is -4.12. The molecule has 4 rings (SSSR count). The van der Waals surface area contributed by atoms with E-state index in [9.17, 15) is 9.59 Å². The maximum absolute atomic E-state index is 12.6. The Morgan fingerprint density at radius 3 is 2.55 bits per heavy atom. The van der Waals surface area contributed by atoms with Gasteiger partial charge in [0.25, 0.3) is 0 Å². The van der Waals surface area contributed by atoms with Crippen LogP contribution in [0.2, 0.25) is 0 Å². The van der Waals surface area contributed by atoms with E-state index in [0.29, 0.717) is 35.0 Å². The number of ketones is 1. The lowest BCUT2D eigenvalue weighted by molar-refractivity contribution is -0.128. The molecule has 0 bridgehead atoms. The van der Waals surface area contributed by atoms with Crippen LogP contribution in [0, 0.1) is 0 Å². The standard InChI is InChI=1S/C26H20O5/c1-2-29-20-12-13-22-23(17-20)31-24(26(22)28)16-19-9-6-10-21(15-19)30-25(27)14-11-18-7-4-3-5-8-18/h3-17H,2H2,1H3/b14-11+,24-16-. The summed E-state index contributed by atoms with van der Waals surface area (Å²) >= 11 is 0. The van der Waals surface area contributed by atoms with Gasteiger partial charge < -0.3 is 14.2 Å². The summed E-state index contributed by atoms with van der Waals surface area (Å²) < 4.78 is 16.6. The average Bonchev–Trinajstić information content (AvgIpc) is 3.08. The molecular formula is C26H20O5. The van der Waals surface area contributed by atoms with Gasteiger partial charge in [0.05, 0.1) is 12.2 Å². The van der Waals surface area contributed by atoms with Crippen LogP contribution in [0.15, 0.2) is 84.6 Å². The Morgan fingerprint density at radius 2 is 1.74 bits per heavy atom. The number of ether oxygens (including phenoxy) is 3. The van der Waals surface area contributed by atoms with Gasteiger partial charge in [-0.15, -0.1) is 0 Å². The quantitative estimate of drug-likeness (QED) is 0.311. The molecule has 3 aromatic carbocycles. The minimum absolute atomic E-state index is 0.203. The van der Waals surface area contributed by atoms with Gasteiger partial charge in [-0.05, 0) is 54.5 Å². The van der Waals surface area contributed by atoms with Crippen LogP contribution in [0.5, 0.6) is 17.2 Å². The highest BCUT2D eigenvalue weighted by Crippen LogP contribution is 2.35. The van der Waals surface area contributed by atoms with Gasteiger partial charge in [-0.2, -0.15) is 0 Å². The lowest BCUT2D eigenvalue weighted by Crippen LogP contribution is -2.03. The van der Waals surface area contributed by atoms with E-state index < -0.39 is 5.97 Å². The van der Waals surface area contributed by atoms with Crippen molar-refractivity contribution >= 4 is 23.9 Å². The zero-order chi connectivity index (χ0) is 21.6. The van der Waals surface area contributed by atoms with Crippen molar-refractivity contribution in [3.8, 4) is 17.2 Å². The monoisotopic (exact) mass is 412 g/mol. The molecular weight excluding hydrogens is 392 g/mol. The normalized spacial score (nSPS) is 13.8.